The van der Waals surface area contributed by atoms with E-state index in [-0.39, 0.29) is 19.0 Å². The molecule has 5 atom stereocenters. The van der Waals surface area contributed by atoms with Gasteiger partial charge >= 0.3 is 0 Å². The third-order valence-electron chi connectivity index (χ3n) is 2.34. The first-order valence-corrected chi connectivity index (χ1v) is 3.57. The maximum atomic E-state index is 9.19. The Morgan fingerprint density at radius 2 is 1.50 bits per heavy atom. The van der Waals surface area contributed by atoms with E-state index in [0.29, 0.717) is 0 Å². The summed E-state index contributed by atoms with van der Waals surface area (Å²) in [5, 5.41) is 36.2. The number of quaternary nitrogens is 1. The van der Waals surface area contributed by atoms with Crippen LogP contribution in [0.5, 0.6) is 0 Å². The van der Waals surface area contributed by atoms with Crippen molar-refractivity contribution in [1.29, 1.82) is 0 Å². The summed E-state index contributed by atoms with van der Waals surface area (Å²) in [4.78, 5) is 0. The minimum atomic E-state index is -1.17. The van der Waals surface area contributed by atoms with E-state index < -0.39 is 30.3 Å². The van der Waals surface area contributed by atoms with Gasteiger partial charge in [-0.25, -0.2) is 0 Å². The van der Waals surface area contributed by atoms with E-state index in [4.69, 9.17) is 15.3 Å². The largest absolute Gasteiger partial charge is 1.00 e. The summed E-state index contributed by atoms with van der Waals surface area (Å²) in [5.41, 5.74) is 3.54. The molecule has 0 unspecified atom stereocenters. The molecule has 74 valence electrons. The summed E-state index contributed by atoms with van der Waals surface area (Å²) < 4.78 is 0. The predicted molar refractivity (Wildman–Crippen MR) is 35.3 cm³/mol. The van der Waals surface area contributed by atoms with E-state index in [0.717, 1.165) is 0 Å². The first kappa shape index (κ1) is 12.1. The molecule has 7 N–H and O–H groups in total. The van der Waals surface area contributed by atoms with Gasteiger partial charge < -0.3 is 38.6 Å². The highest BCUT2D eigenvalue weighted by Crippen LogP contribution is 2.24. The predicted octanol–water partition coefficient (Wildman–Crippen LogP) is -6.69. The molecule has 0 radical (unpaired) electrons. The van der Waals surface area contributed by atoms with Crippen molar-refractivity contribution in [3.05, 3.63) is 0 Å². The topological polar surface area (TPSA) is 109 Å². The van der Waals surface area contributed by atoms with Gasteiger partial charge in [0.2, 0.25) is 0 Å². The van der Waals surface area contributed by atoms with E-state index in [1.165, 1.54) is 0 Å². The Morgan fingerprint density at radius 3 is 1.67 bits per heavy atom. The SMILES string of the molecule is [Cl-].[NH3+][C@H]1[C@H](O)[C@@H](O)[C@@H](O)[C@H]1CO. The highest BCUT2D eigenvalue weighted by atomic mass is 35.5. The smallest absolute Gasteiger partial charge is 0.134 e. The average Bonchev–Trinajstić information content (AvgIpc) is 2.17. The Kier molecular flexibility index (Phi) is 4.39. The molecule has 0 bridgehead atoms. The molecule has 0 aliphatic heterocycles. The third kappa shape index (κ3) is 1.71. The zero-order valence-corrected chi connectivity index (χ0v) is 7.22. The van der Waals surface area contributed by atoms with E-state index in [9.17, 15) is 5.11 Å². The molecule has 6 heteroatoms. The molecule has 1 aliphatic carbocycles. The Labute approximate surface area is 76.2 Å². The molecule has 0 aromatic rings. The van der Waals surface area contributed by atoms with Crippen molar-refractivity contribution in [3.63, 3.8) is 0 Å². The minimum absolute atomic E-state index is 0. The lowest BCUT2D eigenvalue weighted by atomic mass is 10.0. The molecule has 1 saturated carbocycles. The van der Waals surface area contributed by atoms with Crippen LogP contribution < -0.4 is 18.1 Å². The standard InChI is InChI=1S/C6H13NO4.ClH/c7-3-2(1-8)4(9)6(11)5(3)10;/h2-6,8-11H,1,7H2;1H/t2-,3+,4-,5-,6-;/m0./s1. The Bertz CT molecular complexity index is 134. The van der Waals surface area contributed by atoms with Crippen LogP contribution in [0, 0.1) is 5.92 Å². The van der Waals surface area contributed by atoms with Gasteiger partial charge in [-0.15, -0.1) is 0 Å². The molecule has 0 aromatic heterocycles. The van der Waals surface area contributed by atoms with E-state index >= 15 is 0 Å². The van der Waals surface area contributed by atoms with Crippen LogP contribution in [-0.2, 0) is 0 Å². The fraction of sp³-hybridized carbons (Fsp3) is 1.00. The number of hydrogen-bond donors (Lipinski definition) is 5. The molecule has 0 spiro atoms. The van der Waals surface area contributed by atoms with Crippen molar-refractivity contribution in [3.8, 4) is 0 Å². The lowest BCUT2D eigenvalue weighted by Crippen LogP contribution is -3.00. The van der Waals surface area contributed by atoms with Crippen molar-refractivity contribution < 1.29 is 38.6 Å². The summed E-state index contributed by atoms with van der Waals surface area (Å²) in [7, 11) is 0. The van der Waals surface area contributed by atoms with Crippen molar-refractivity contribution in [1.82, 2.24) is 0 Å². The second-order valence-corrected chi connectivity index (χ2v) is 2.98. The van der Waals surface area contributed by atoms with Gasteiger partial charge in [0.1, 0.15) is 18.2 Å². The van der Waals surface area contributed by atoms with Crippen LogP contribution in [0.3, 0.4) is 0 Å². The number of aliphatic hydroxyl groups is 4. The number of aliphatic hydroxyl groups excluding tert-OH is 4. The second-order valence-electron chi connectivity index (χ2n) is 2.98. The molecule has 12 heavy (non-hydrogen) atoms. The van der Waals surface area contributed by atoms with Crippen LogP contribution in [0.1, 0.15) is 0 Å². The Hall–Kier alpha value is 0.0900. The Balaban J connectivity index is 0.00000121. The van der Waals surface area contributed by atoms with Gasteiger partial charge in [0, 0.05) is 0 Å². The maximum Gasteiger partial charge on any atom is 0.134 e. The normalized spacial score (nSPS) is 47.2. The Morgan fingerprint density at radius 1 is 1.00 bits per heavy atom. The van der Waals surface area contributed by atoms with Gasteiger partial charge in [0.05, 0.1) is 18.6 Å². The zero-order valence-electron chi connectivity index (χ0n) is 6.47. The molecular formula is C6H14ClNO4. The van der Waals surface area contributed by atoms with Gasteiger partial charge in [-0.2, -0.15) is 0 Å². The highest BCUT2D eigenvalue weighted by molar-refractivity contribution is 4.96. The van der Waals surface area contributed by atoms with E-state index in [1.54, 1.807) is 0 Å². The van der Waals surface area contributed by atoms with Gasteiger partial charge in [0.15, 0.2) is 0 Å². The maximum absolute atomic E-state index is 9.19. The number of rotatable bonds is 1. The summed E-state index contributed by atoms with van der Waals surface area (Å²) in [5.74, 6) is -0.514. The van der Waals surface area contributed by atoms with Crippen LogP contribution in [0.25, 0.3) is 0 Å². The summed E-state index contributed by atoms with van der Waals surface area (Å²) >= 11 is 0. The summed E-state index contributed by atoms with van der Waals surface area (Å²) in [6, 6.07) is -0.495. The van der Waals surface area contributed by atoms with Crippen LogP contribution >= 0.6 is 0 Å². The van der Waals surface area contributed by atoms with Crippen LogP contribution in [-0.4, -0.2) is 51.4 Å². The lowest BCUT2D eigenvalue weighted by molar-refractivity contribution is -0.446. The van der Waals surface area contributed by atoms with Crippen molar-refractivity contribution >= 4 is 0 Å². The van der Waals surface area contributed by atoms with E-state index in [1.807, 2.05) is 0 Å². The molecule has 5 nitrogen and oxygen atoms in total. The fourth-order valence-corrected chi connectivity index (χ4v) is 1.46. The molecule has 1 aliphatic rings. The van der Waals surface area contributed by atoms with Crippen molar-refractivity contribution in [2.75, 3.05) is 6.61 Å². The van der Waals surface area contributed by atoms with Crippen molar-refractivity contribution in [2.24, 2.45) is 5.92 Å². The van der Waals surface area contributed by atoms with E-state index in [2.05, 4.69) is 5.73 Å². The van der Waals surface area contributed by atoms with Gasteiger partial charge in [-0.05, 0) is 0 Å². The average molecular weight is 200 g/mol. The first-order valence-electron chi connectivity index (χ1n) is 3.57. The minimum Gasteiger partial charge on any atom is -1.00 e. The zero-order chi connectivity index (χ0) is 8.59. The van der Waals surface area contributed by atoms with Crippen LogP contribution in [0.15, 0.2) is 0 Å². The molecule has 1 rings (SSSR count). The summed E-state index contributed by atoms with van der Waals surface area (Å²) in [6.07, 6.45) is -3.26. The number of halogens is 1. The molecular weight excluding hydrogens is 186 g/mol. The second kappa shape index (κ2) is 4.36. The lowest BCUT2D eigenvalue weighted by Gasteiger charge is -2.12. The van der Waals surface area contributed by atoms with Crippen molar-refractivity contribution in [2.45, 2.75) is 24.4 Å². The first-order chi connectivity index (χ1) is 5.09. The quantitative estimate of drug-likeness (QED) is 0.289. The highest BCUT2D eigenvalue weighted by Gasteiger charge is 2.49. The van der Waals surface area contributed by atoms with Gasteiger partial charge in [-0.3, -0.25) is 0 Å². The summed E-state index contributed by atoms with van der Waals surface area (Å²) in [6.45, 7) is -0.260. The van der Waals surface area contributed by atoms with Gasteiger partial charge in [-0.1, -0.05) is 0 Å². The molecule has 1 fully saturated rings. The molecule has 0 amide bonds. The monoisotopic (exact) mass is 199 g/mol. The molecule has 0 heterocycles. The molecule has 0 saturated heterocycles. The van der Waals surface area contributed by atoms with Gasteiger partial charge in [0.25, 0.3) is 0 Å². The van der Waals surface area contributed by atoms with Crippen LogP contribution in [0.2, 0.25) is 0 Å². The third-order valence-corrected chi connectivity index (χ3v) is 2.34. The number of hydrogen-bond acceptors (Lipinski definition) is 4. The molecule has 0 aromatic carbocycles. The fourth-order valence-electron chi connectivity index (χ4n) is 1.46. The van der Waals surface area contributed by atoms with Crippen LogP contribution in [0.4, 0.5) is 0 Å².